The zero-order valence-electron chi connectivity index (χ0n) is 13.1. The minimum absolute atomic E-state index is 0.150. The van der Waals surface area contributed by atoms with Crippen molar-refractivity contribution in [2.45, 2.75) is 13.0 Å². The Morgan fingerprint density at radius 3 is 2.62 bits per heavy atom. The average molecular weight is 320 g/mol. The maximum absolute atomic E-state index is 13.2. The summed E-state index contributed by atoms with van der Waals surface area (Å²) in [6, 6.07) is 19.7. The Hall–Kier alpha value is -3.01. The van der Waals surface area contributed by atoms with Crippen LogP contribution in [0.15, 0.2) is 72.9 Å². The van der Waals surface area contributed by atoms with E-state index in [9.17, 15) is 9.18 Å². The molecule has 3 nitrogen and oxygen atoms in total. The molecule has 1 aromatic heterocycles. The maximum Gasteiger partial charge on any atom is 0.224 e. The number of pyridine rings is 1. The summed E-state index contributed by atoms with van der Waals surface area (Å²) in [4.78, 5) is 16.5. The molecule has 24 heavy (non-hydrogen) atoms. The highest BCUT2D eigenvalue weighted by Gasteiger charge is 2.08. The number of nitrogens with zero attached hydrogens (tertiary/aromatic N) is 1. The fourth-order valence-electron chi connectivity index (χ4n) is 2.53. The van der Waals surface area contributed by atoms with E-state index in [-0.39, 0.29) is 18.1 Å². The van der Waals surface area contributed by atoms with Crippen LogP contribution in [0.2, 0.25) is 0 Å². The molecule has 0 saturated carbocycles. The number of nitrogens with one attached hydrogen (secondary N) is 1. The molecule has 2 aromatic carbocycles. The van der Waals surface area contributed by atoms with Crippen molar-refractivity contribution in [2.75, 3.05) is 0 Å². The number of benzene rings is 2. The number of carbonyl (C=O) groups is 1. The van der Waals surface area contributed by atoms with E-state index in [1.165, 1.54) is 12.1 Å². The minimum atomic E-state index is -0.334. The van der Waals surface area contributed by atoms with Gasteiger partial charge >= 0.3 is 0 Å². The first-order valence-electron chi connectivity index (χ1n) is 7.73. The fourth-order valence-corrected chi connectivity index (χ4v) is 2.53. The number of rotatable bonds is 5. The monoisotopic (exact) mass is 320 g/mol. The highest BCUT2D eigenvalue weighted by molar-refractivity contribution is 5.78. The molecule has 0 aliphatic carbocycles. The highest BCUT2D eigenvalue weighted by atomic mass is 19.1. The largest absolute Gasteiger partial charge is 0.352 e. The number of hydrogen-bond acceptors (Lipinski definition) is 2. The molecule has 0 aliphatic rings. The van der Waals surface area contributed by atoms with Gasteiger partial charge in [0.1, 0.15) is 5.82 Å². The average Bonchev–Trinajstić information content (AvgIpc) is 2.61. The lowest BCUT2D eigenvalue weighted by Crippen LogP contribution is -2.25. The van der Waals surface area contributed by atoms with Gasteiger partial charge in [0.05, 0.1) is 12.1 Å². The van der Waals surface area contributed by atoms with Crippen LogP contribution in [0.25, 0.3) is 11.3 Å². The van der Waals surface area contributed by atoms with Gasteiger partial charge in [0.2, 0.25) is 5.91 Å². The summed E-state index contributed by atoms with van der Waals surface area (Å²) in [5.74, 6) is -0.484. The van der Waals surface area contributed by atoms with Crippen molar-refractivity contribution in [3.05, 3.63) is 89.9 Å². The fraction of sp³-hybridized carbons (Fsp3) is 0.100. The van der Waals surface area contributed by atoms with E-state index in [1.54, 1.807) is 18.3 Å². The first-order chi connectivity index (χ1) is 11.7. The topological polar surface area (TPSA) is 42.0 Å². The van der Waals surface area contributed by atoms with E-state index < -0.39 is 0 Å². The third-order valence-electron chi connectivity index (χ3n) is 3.67. The highest BCUT2D eigenvalue weighted by Crippen LogP contribution is 2.20. The predicted molar refractivity (Wildman–Crippen MR) is 91.6 cm³/mol. The van der Waals surface area contributed by atoms with E-state index >= 15 is 0 Å². The van der Waals surface area contributed by atoms with Crippen molar-refractivity contribution in [1.29, 1.82) is 0 Å². The summed E-state index contributed by atoms with van der Waals surface area (Å²) in [6.45, 7) is 0.381. The van der Waals surface area contributed by atoms with Crippen LogP contribution in [-0.2, 0) is 17.8 Å². The third-order valence-corrected chi connectivity index (χ3v) is 3.67. The van der Waals surface area contributed by atoms with Gasteiger partial charge in [-0.25, -0.2) is 4.39 Å². The molecular formula is C20H17FN2O. The van der Waals surface area contributed by atoms with Crippen molar-refractivity contribution in [1.82, 2.24) is 10.3 Å². The number of amides is 1. The molecule has 0 atom stereocenters. The van der Waals surface area contributed by atoms with Crippen molar-refractivity contribution in [2.24, 2.45) is 0 Å². The molecule has 4 heteroatoms. The summed E-state index contributed by atoms with van der Waals surface area (Å²) in [7, 11) is 0. The lowest BCUT2D eigenvalue weighted by atomic mass is 10.1. The zero-order valence-corrected chi connectivity index (χ0v) is 13.1. The molecule has 0 unspecified atom stereocenters. The van der Waals surface area contributed by atoms with Gasteiger partial charge in [-0.05, 0) is 29.3 Å². The van der Waals surface area contributed by atoms with Gasteiger partial charge in [-0.15, -0.1) is 0 Å². The van der Waals surface area contributed by atoms with Crippen LogP contribution < -0.4 is 5.32 Å². The first-order valence-corrected chi connectivity index (χ1v) is 7.73. The Morgan fingerprint density at radius 1 is 1.00 bits per heavy atom. The van der Waals surface area contributed by atoms with Crippen LogP contribution in [0.3, 0.4) is 0 Å². The van der Waals surface area contributed by atoms with E-state index in [4.69, 9.17) is 0 Å². The smallest absolute Gasteiger partial charge is 0.224 e. The number of hydrogen-bond donors (Lipinski definition) is 1. The predicted octanol–water partition coefficient (Wildman–Crippen LogP) is 3.75. The Kier molecular flexibility index (Phi) is 4.96. The van der Waals surface area contributed by atoms with Crippen molar-refractivity contribution < 1.29 is 9.18 Å². The Labute approximate surface area is 140 Å². The Bertz CT molecular complexity index is 834. The van der Waals surface area contributed by atoms with E-state index in [1.807, 2.05) is 42.5 Å². The number of carbonyl (C=O) groups excluding carboxylic acids is 1. The summed E-state index contributed by atoms with van der Waals surface area (Å²) in [5.41, 5.74) is 3.45. The summed E-state index contributed by atoms with van der Waals surface area (Å²) < 4.78 is 13.2. The van der Waals surface area contributed by atoms with Gasteiger partial charge < -0.3 is 5.32 Å². The first kappa shape index (κ1) is 15.9. The van der Waals surface area contributed by atoms with E-state index in [0.717, 1.165) is 16.8 Å². The molecule has 1 amide bonds. The number of halogens is 1. The van der Waals surface area contributed by atoms with Crippen LogP contribution in [0.4, 0.5) is 4.39 Å². The quantitative estimate of drug-likeness (QED) is 0.778. The zero-order chi connectivity index (χ0) is 16.8. The molecule has 0 spiro atoms. The molecule has 3 aromatic rings. The van der Waals surface area contributed by atoms with E-state index in [2.05, 4.69) is 10.3 Å². The molecule has 0 aliphatic heterocycles. The van der Waals surface area contributed by atoms with Crippen LogP contribution in [0.1, 0.15) is 11.1 Å². The minimum Gasteiger partial charge on any atom is -0.352 e. The summed E-state index contributed by atoms with van der Waals surface area (Å²) >= 11 is 0. The molecule has 0 fully saturated rings. The lowest BCUT2D eigenvalue weighted by molar-refractivity contribution is -0.120. The van der Waals surface area contributed by atoms with Gasteiger partial charge in [0.15, 0.2) is 0 Å². The lowest BCUT2D eigenvalue weighted by Gasteiger charge is -2.10. The van der Waals surface area contributed by atoms with Crippen molar-refractivity contribution in [3.63, 3.8) is 0 Å². The SMILES string of the molecule is O=C(Cc1cccc(F)c1)NCc1cccnc1-c1ccccc1. The Balaban J connectivity index is 1.68. The second-order valence-electron chi connectivity index (χ2n) is 5.46. The summed E-state index contributed by atoms with van der Waals surface area (Å²) in [5, 5.41) is 2.88. The molecule has 0 saturated heterocycles. The molecule has 1 heterocycles. The summed E-state index contributed by atoms with van der Waals surface area (Å²) in [6.07, 6.45) is 1.89. The maximum atomic E-state index is 13.2. The normalized spacial score (nSPS) is 10.4. The van der Waals surface area contributed by atoms with Gasteiger partial charge in [-0.3, -0.25) is 9.78 Å². The standard InChI is InChI=1S/C20H17FN2O/c21-18-10-4-6-15(12-18)13-19(24)23-14-17-9-5-11-22-20(17)16-7-2-1-3-8-16/h1-12H,13-14H2,(H,23,24). The van der Waals surface area contributed by atoms with Crippen molar-refractivity contribution in [3.8, 4) is 11.3 Å². The van der Waals surface area contributed by atoms with E-state index in [0.29, 0.717) is 12.1 Å². The molecule has 3 rings (SSSR count). The van der Waals surface area contributed by atoms with Crippen LogP contribution in [0, 0.1) is 5.82 Å². The van der Waals surface area contributed by atoms with Crippen LogP contribution >= 0.6 is 0 Å². The van der Waals surface area contributed by atoms with Crippen LogP contribution in [-0.4, -0.2) is 10.9 Å². The second-order valence-corrected chi connectivity index (χ2v) is 5.46. The Morgan fingerprint density at radius 2 is 1.83 bits per heavy atom. The molecule has 0 bridgehead atoms. The van der Waals surface area contributed by atoms with Gasteiger partial charge in [-0.2, -0.15) is 0 Å². The molecule has 120 valence electrons. The second kappa shape index (κ2) is 7.51. The number of aromatic nitrogens is 1. The van der Waals surface area contributed by atoms with Crippen molar-refractivity contribution >= 4 is 5.91 Å². The molecule has 1 N–H and O–H groups in total. The van der Waals surface area contributed by atoms with Gasteiger partial charge in [0, 0.05) is 18.3 Å². The van der Waals surface area contributed by atoms with Gasteiger partial charge in [0.25, 0.3) is 0 Å². The third kappa shape index (κ3) is 4.04. The van der Waals surface area contributed by atoms with Crippen LogP contribution in [0.5, 0.6) is 0 Å². The van der Waals surface area contributed by atoms with Gasteiger partial charge in [-0.1, -0.05) is 48.5 Å². The molecular weight excluding hydrogens is 303 g/mol. The molecule has 0 radical (unpaired) electrons.